The molecule has 0 radical (unpaired) electrons. The number of para-hydroxylation sites is 2. The Hall–Kier alpha value is -2.44. The van der Waals surface area contributed by atoms with Crippen molar-refractivity contribution < 1.29 is 4.79 Å². The molecule has 25 heavy (non-hydrogen) atoms. The molecule has 0 bridgehead atoms. The number of nitrogens with one attached hydrogen (secondary N) is 2. The number of carbonyl (C=O) groups excluding carboxylic acids is 1. The largest absolute Gasteiger partial charge is 0.353 e. The lowest BCUT2D eigenvalue weighted by Gasteiger charge is -2.14. The summed E-state index contributed by atoms with van der Waals surface area (Å²) in [6, 6.07) is 17.4. The fourth-order valence-corrected chi connectivity index (χ4v) is 2.86. The molecule has 3 rings (SSSR count). The van der Waals surface area contributed by atoms with Crippen LogP contribution in [-0.2, 0) is 0 Å². The van der Waals surface area contributed by atoms with Crippen molar-refractivity contribution in [1.82, 2.24) is 10.3 Å². The fraction of sp³-hybridized carbons (Fsp3) is 0.158. The Bertz CT molecular complexity index is 897. The zero-order valence-corrected chi connectivity index (χ0v) is 15.2. The van der Waals surface area contributed by atoms with E-state index in [9.17, 15) is 4.79 Å². The number of hydrogen-bond acceptors (Lipinski definition) is 4. The number of aromatic nitrogens is 1. The van der Waals surface area contributed by atoms with Gasteiger partial charge in [0.2, 0.25) is 0 Å². The van der Waals surface area contributed by atoms with Crippen molar-refractivity contribution in [2.75, 3.05) is 18.4 Å². The summed E-state index contributed by atoms with van der Waals surface area (Å²) in [5, 5.41) is 7.15. The molecule has 1 heterocycles. The molecule has 0 aliphatic heterocycles. The van der Waals surface area contributed by atoms with E-state index in [4.69, 9.17) is 5.73 Å². The van der Waals surface area contributed by atoms with Gasteiger partial charge in [-0.05, 0) is 53.2 Å². The average molecular weight is 399 g/mol. The quantitative estimate of drug-likeness (QED) is 0.551. The smallest absolute Gasteiger partial charge is 0.272 e. The summed E-state index contributed by atoms with van der Waals surface area (Å²) < 4.78 is 0.914. The Kier molecular flexibility index (Phi) is 5.63. The molecule has 1 aromatic heterocycles. The maximum absolute atomic E-state index is 12.6. The Morgan fingerprint density at radius 3 is 2.64 bits per heavy atom. The minimum absolute atomic E-state index is 0.214. The van der Waals surface area contributed by atoms with Crippen molar-refractivity contribution >= 4 is 44.1 Å². The number of rotatable bonds is 6. The van der Waals surface area contributed by atoms with Gasteiger partial charge in [0.25, 0.3) is 5.91 Å². The number of halogens is 1. The third-order valence-electron chi connectivity index (χ3n) is 3.75. The van der Waals surface area contributed by atoms with E-state index < -0.39 is 0 Å². The lowest BCUT2D eigenvalue weighted by molar-refractivity contribution is 0.0950. The third-order valence-corrected chi connectivity index (χ3v) is 4.44. The molecule has 5 nitrogen and oxygen atoms in total. The molecule has 3 aromatic rings. The monoisotopic (exact) mass is 398 g/mol. The first-order chi connectivity index (χ1) is 12.2. The van der Waals surface area contributed by atoms with Crippen molar-refractivity contribution in [3.05, 3.63) is 64.8 Å². The number of nitrogens with two attached hydrogens (primary N) is 1. The van der Waals surface area contributed by atoms with Crippen LogP contribution in [0.2, 0.25) is 0 Å². The minimum atomic E-state index is -0.214. The number of hydrogen-bond donors (Lipinski definition) is 3. The molecule has 0 atom stereocenters. The molecule has 0 fully saturated rings. The van der Waals surface area contributed by atoms with E-state index in [0.29, 0.717) is 24.5 Å². The number of benzene rings is 2. The second kappa shape index (κ2) is 8.09. The number of pyridine rings is 1. The van der Waals surface area contributed by atoms with Crippen LogP contribution in [0, 0.1) is 0 Å². The van der Waals surface area contributed by atoms with Gasteiger partial charge in [0.05, 0.1) is 16.9 Å². The van der Waals surface area contributed by atoms with Crippen LogP contribution in [0.3, 0.4) is 0 Å². The first kappa shape index (κ1) is 17.4. The van der Waals surface area contributed by atoms with Crippen LogP contribution in [0.5, 0.6) is 0 Å². The summed E-state index contributed by atoms with van der Waals surface area (Å²) in [4.78, 5) is 17.2. The van der Waals surface area contributed by atoms with Gasteiger partial charge in [-0.3, -0.25) is 4.79 Å². The number of fused-ring (bicyclic) bond motifs is 1. The van der Waals surface area contributed by atoms with Crippen molar-refractivity contribution in [3.63, 3.8) is 0 Å². The normalized spacial score (nSPS) is 10.6. The van der Waals surface area contributed by atoms with E-state index in [2.05, 4.69) is 31.5 Å². The summed E-state index contributed by atoms with van der Waals surface area (Å²) in [5.41, 5.74) is 8.17. The highest BCUT2D eigenvalue weighted by molar-refractivity contribution is 9.10. The van der Waals surface area contributed by atoms with Gasteiger partial charge in [-0.2, -0.15) is 0 Å². The van der Waals surface area contributed by atoms with E-state index in [1.807, 2.05) is 54.6 Å². The molecule has 0 unspecified atom stereocenters. The Morgan fingerprint density at radius 1 is 1.08 bits per heavy atom. The van der Waals surface area contributed by atoms with Gasteiger partial charge < -0.3 is 16.4 Å². The van der Waals surface area contributed by atoms with E-state index in [0.717, 1.165) is 27.5 Å². The number of carbonyl (C=O) groups is 1. The molecule has 0 spiro atoms. The highest BCUT2D eigenvalue weighted by Crippen LogP contribution is 2.28. The van der Waals surface area contributed by atoms with Gasteiger partial charge in [-0.25, -0.2) is 4.98 Å². The van der Waals surface area contributed by atoms with E-state index >= 15 is 0 Å². The lowest BCUT2D eigenvalue weighted by atomic mass is 10.1. The summed E-state index contributed by atoms with van der Waals surface area (Å²) in [5.74, 6) is -0.214. The highest BCUT2D eigenvalue weighted by Gasteiger charge is 2.15. The molecule has 6 heteroatoms. The lowest BCUT2D eigenvalue weighted by Crippen LogP contribution is -2.27. The van der Waals surface area contributed by atoms with Crippen LogP contribution in [0.25, 0.3) is 10.9 Å². The molecule has 1 amide bonds. The SMILES string of the molecule is NCCCNC(=O)c1nc2ccccc2cc1Nc1ccccc1Br. The van der Waals surface area contributed by atoms with Gasteiger partial charge in [0, 0.05) is 16.4 Å². The number of anilines is 2. The minimum Gasteiger partial charge on any atom is -0.353 e. The zero-order valence-electron chi connectivity index (χ0n) is 13.6. The predicted molar refractivity (Wildman–Crippen MR) is 105 cm³/mol. The summed E-state index contributed by atoms with van der Waals surface area (Å²) in [6.07, 6.45) is 0.728. The number of nitrogens with zero attached hydrogens (tertiary/aromatic N) is 1. The zero-order chi connectivity index (χ0) is 17.6. The fourth-order valence-electron chi connectivity index (χ4n) is 2.48. The van der Waals surface area contributed by atoms with Gasteiger partial charge in [0.15, 0.2) is 5.69 Å². The van der Waals surface area contributed by atoms with Gasteiger partial charge in [-0.1, -0.05) is 30.3 Å². The summed E-state index contributed by atoms with van der Waals surface area (Å²) in [7, 11) is 0. The molecule has 4 N–H and O–H groups in total. The van der Waals surface area contributed by atoms with Gasteiger partial charge in [-0.15, -0.1) is 0 Å². The van der Waals surface area contributed by atoms with Crippen LogP contribution >= 0.6 is 15.9 Å². The van der Waals surface area contributed by atoms with Crippen LogP contribution in [0.15, 0.2) is 59.1 Å². The van der Waals surface area contributed by atoms with Crippen LogP contribution in [0.1, 0.15) is 16.9 Å². The maximum atomic E-state index is 12.6. The third kappa shape index (κ3) is 4.15. The molecule has 0 aliphatic carbocycles. The van der Waals surface area contributed by atoms with E-state index in [-0.39, 0.29) is 5.91 Å². The van der Waals surface area contributed by atoms with E-state index in [1.165, 1.54) is 0 Å². The second-order valence-corrected chi connectivity index (χ2v) is 6.43. The second-order valence-electron chi connectivity index (χ2n) is 5.58. The Morgan fingerprint density at radius 2 is 1.84 bits per heavy atom. The molecule has 0 aliphatic rings. The highest BCUT2D eigenvalue weighted by atomic mass is 79.9. The van der Waals surface area contributed by atoms with Crippen molar-refractivity contribution in [2.45, 2.75) is 6.42 Å². The van der Waals surface area contributed by atoms with Crippen LogP contribution < -0.4 is 16.4 Å². The number of amides is 1. The molecular formula is C19H19BrN4O. The van der Waals surface area contributed by atoms with Crippen molar-refractivity contribution in [2.24, 2.45) is 5.73 Å². The summed E-state index contributed by atoms with van der Waals surface area (Å²) in [6.45, 7) is 1.06. The van der Waals surface area contributed by atoms with Gasteiger partial charge in [0.1, 0.15) is 0 Å². The first-order valence-electron chi connectivity index (χ1n) is 8.08. The van der Waals surface area contributed by atoms with Crippen LogP contribution in [0.4, 0.5) is 11.4 Å². The predicted octanol–water partition coefficient (Wildman–Crippen LogP) is 3.82. The molecular weight excluding hydrogens is 380 g/mol. The molecule has 2 aromatic carbocycles. The van der Waals surface area contributed by atoms with Crippen LogP contribution in [-0.4, -0.2) is 24.0 Å². The first-order valence-corrected chi connectivity index (χ1v) is 8.88. The Labute approximate surface area is 154 Å². The Balaban J connectivity index is 2.00. The maximum Gasteiger partial charge on any atom is 0.272 e. The van der Waals surface area contributed by atoms with Crippen molar-refractivity contribution in [1.29, 1.82) is 0 Å². The van der Waals surface area contributed by atoms with Crippen molar-refractivity contribution in [3.8, 4) is 0 Å². The standard InChI is InChI=1S/C19H19BrN4O/c20-14-7-2-4-9-16(14)23-17-12-13-6-1-3-8-15(13)24-18(17)19(25)22-11-5-10-21/h1-4,6-9,12,23H,5,10-11,21H2,(H,22,25). The average Bonchev–Trinajstić information content (AvgIpc) is 2.63. The molecule has 0 saturated heterocycles. The topological polar surface area (TPSA) is 80.0 Å². The van der Waals surface area contributed by atoms with E-state index in [1.54, 1.807) is 0 Å². The molecule has 128 valence electrons. The summed E-state index contributed by atoms with van der Waals surface area (Å²) >= 11 is 3.52. The van der Waals surface area contributed by atoms with Gasteiger partial charge >= 0.3 is 0 Å². The molecule has 0 saturated carbocycles.